The van der Waals surface area contributed by atoms with Gasteiger partial charge < -0.3 is 13.9 Å². The maximum absolute atomic E-state index is 12.3. The van der Waals surface area contributed by atoms with Gasteiger partial charge in [0, 0.05) is 13.1 Å². The van der Waals surface area contributed by atoms with Crippen molar-refractivity contribution in [3.8, 4) is 11.5 Å². The molecule has 0 radical (unpaired) electrons. The van der Waals surface area contributed by atoms with Crippen molar-refractivity contribution in [3.63, 3.8) is 0 Å². The van der Waals surface area contributed by atoms with Crippen molar-refractivity contribution in [1.82, 2.24) is 20.0 Å². The summed E-state index contributed by atoms with van der Waals surface area (Å²) in [4.78, 5) is 4.36. The highest BCUT2D eigenvalue weighted by molar-refractivity contribution is 5.66. The minimum atomic E-state index is -4.71. The Morgan fingerprint density at radius 2 is 1.76 bits per heavy atom. The molecular formula is C27H27F3N4O3. The molecule has 7 nitrogen and oxygen atoms in total. The van der Waals surface area contributed by atoms with Gasteiger partial charge in [0.05, 0.1) is 11.9 Å². The number of hydrogen-bond donors (Lipinski definition) is 0. The van der Waals surface area contributed by atoms with Crippen LogP contribution in [0.1, 0.15) is 46.8 Å². The summed E-state index contributed by atoms with van der Waals surface area (Å²) in [7, 11) is 1.91. The zero-order chi connectivity index (χ0) is 26.3. The molecule has 0 fully saturated rings. The van der Waals surface area contributed by atoms with E-state index in [0.717, 1.165) is 37.1 Å². The highest BCUT2D eigenvalue weighted by atomic mass is 19.4. The number of benzene rings is 2. The second-order valence-corrected chi connectivity index (χ2v) is 8.56. The molecule has 0 saturated carbocycles. The van der Waals surface area contributed by atoms with Crippen molar-refractivity contribution in [1.29, 1.82) is 0 Å². The van der Waals surface area contributed by atoms with Gasteiger partial charge in [0.2, 0.25) is 5.89 Å². The van der Waals surface area contributed by atoms with Gasteiger partial charge in [0.1, 0.15) is 30.1 Å². The second-order valence-electron chi connectivity index (χ2n) is 8.56. The first-order valence-electron chi connectivity index (χ1n) is 11.8. The lowest BCUT2D eigenvalue weighted by Crippen LogP contribution is -2.16. The predicted octanol–water partition coefficient (Wildman–Crippen LogP) is 6.32. The largest absolute Gasteiger partial charge is 0.573 e. The molecule has 194 valence electrons. The molecule has 10 heteroatoms. The van der Waals surface area contributed by atoms with Crippen LogP contribution in [0.4, 0.5) is 13.2 Å². The van der Waals surface area contributed by atoms with Crippen molar-refractivity contribution in [2.45, 2.75) is 45.6 Å². The van der Waals surface area contributed by atoms with Gasteiger partial charge in [-0.1, -0.05) is 23.4 Å². The standard InChI is InChI=1S/C27H27F3N4O3/c1-19-15-25(13-10-21(19)5-3-4-6-23-16-31-33-34(23)2)35-17-22-18-36-26(32-22)14-9-20-7-11-24(12-8-20)37-27(28,29)30/h7-16,18H,3-6,17H2,1-2H3/b14-9+. The molecular weight excluding hydrogens is 485 g/mol. The summed E-state index contributed by atoms with van der Waals surface area (Å²) in [6.07, 6.45) is 6.02. The van der Waals surface area contributed by atoms with E-state index in [1.165, 1.54) is 41.7 Å². The van der Waals surface area contributed by atoms with E-state index in [4.69, 9.17) is 9.15 Å². The Morgan fingerprint density at radius 1 is 1.00 bits per heavy atom. The molecule has 0 bridgehead atoms. The summed E-state index contributed by atoms with van der Waals surface area (Å²) in [6, 6.07) is 11.6. The normalized spacial score (nSPS) is 11.8. The third-order valence-electron chi connectivity index (χ3n) is 5.74. The number of halogens is 3. The summed E-state index contributed by atoms with van der Waals surface area (Å²) < 4.78 is 53.8. The Morgan fingerprint density at radius 3 is 2.46 bits per heavy atom. The summed E-state index contributed by atoms with van der Waals surface area (Å²) in [5.41, 5.74) is 4.91. The maximum atomic E-state index is 12.3. The maximum Gasteiger partial charge on any atom is 0.573 e. The van der Waals surface area contributed by atoms with Crippen LogP contribution in [0.3, 0.4) is 0 Å². The first-order chi connectivity index (χ1) is 17.7. The SMILES string of the molecule is Cc1cc(OCc2coc(/C=C/c3ccc(OC(F)(F)F)cc3)n2)ccc1CCCCc1cnnn1C. The molecule has 4 rings (SSSR count). The van der Waals surface area contributed by atoms with Crippen molar-refractivity contribution in [3.05, 3.63) is 88.9 Å². The van der Waals surface area contributed by atoms with E-state index in [9.17, 15) is 13.2 Å². The van der Waals surface area contributed by atoms with Gasteiger partial charge in [-0.2, -0.15) is 0 Å². The fourth-order valence-electron chi connectivity index (χ4n) is 3.77. The quantitative estimate of drug-likeness (QED) is 0.219. The molecule has 2 aromatic heterocycles. The Balaban J connectivity index is 1.23. The van der Waals surface area contributed by atoms with Gasteiger partial charge in [0.15, 0.2) is 0 Å². The minimum absolute atomic E-state index is 0.248. The fraction of sp³-hybridized carbons (Fsp3) is 0.296. The molecule has 0 aliphatic carbocycles. The third kappa shape index (κ3) is 7.96. The van der Waals surface area contributed by atoms with Crippen molar-refractivity contribution in [2.75, 3.05) is 0 Å². The molecule has 0 saturated heterocycles. The molecule has 0 aliphatic rings. The Bertz CT molecular complexity index is 1330. The van der Waals surface area contributed by atoms with Gasteiger partial charge in [0.25, 0.3) is 0 Å². The number of unbranched alkanes of at least 4 members (excludes halogenated alkanes) is 1. The van der Waals surface area contributed by atoms with Crippen LogP contribution in [0, 0.1) is 6.92 Å². The molecule has 2 aromatic carbocycles. The van der Waals surface area contributed by atoms with Crippen LogP contribution in [0.25, 0.3) is 12.2 Å². The van der Waals surface area contributed by atoms with E-state index < -0.39 is 6.36 Å². The van der Waals surface area contributed by atoms with E-state index in [2.05, 4.69) is 33.0 Å². The number of alkyl halides is 3. The van der Waals surface area contributed by atoms with E-state index in [-0.39, 0.29) is 12.4 Å². The molecule has 0 amide bonds. The van der Waals surface area contributed by atoms with E-state index in [1.807, 2.05) is 30.1 Å². The molecule has 0 aliphatic heterocycles. The average Bonchev–Trinajstić information content (AvgIpc) is 3.48. The van der Waals surface area contributed by atoms with E-state index >= 15 is 0 Å². The van der Waals surface area contributed by atoms with Crippen LogP contribution < -0.4 is 9.47 Å². The van der Waals surface area contributed by atoms with Crippen LogP contribution >= 0.6 is 0 Å². The molecule has 0 atom stereocenters. The van der Waals surface area contributed by atoms with Crippen LogP contribution in [0.5, 0.6) is 11.5 Å². The van der Waals surface area contributed by atoms with Crippen molar-refractivity contribution in [2.24, 2.45) is 7.05 Å². The molecule has 0 N–H and O–H groups in total. The zero-order valence-electron chi connectivity index (χ0n) is 20.5. The summed E-state index contributed by atoms with van der Waals surface area (Å²) >= 11 is 0. The monoisotopic (exact) mass is 512 g/mol. The Labute approximate surface area is 212 Å². The van der Waals surface area contributed by atoms with Crippen molar-refractivity contribution < 1.29 is 27.1 Å². The van der Waals surface area contributed by atoms with Gasteiger partial charge in [-0.25, -0.2) is 4.98 Å². The Hall–Kier alpha value is -4.08. The van der Waals surface area contributed by atoms with Crippen molar-refractivity contribution >= 4 is 12.2 Å². The zero-order valence-corrected chi connectivity index (χ0v) is 20.5. The Kier molecular flexibility index (Phi) is 8.27. The summed E-state index contributed by atoms with van der Waals surface area (Å²) in [6.45, 7) is 2.33. The number of nitrogens with zero attached hydrogens (tertiary/aromatic N) is 4. The fourth-order valence-corrected chi connectivity index (χ4v) is 3.77. The highest BCUT2D eigenvalue weighted by Crippen LogP contribution is 2.24. The number of hydrogen-bond acceptors (Lipinski definition) is 6. The lowest BCUT2D eigenvalue weighted by atomic mass is 10.0. The minimum Gasteiger partial charge on any atom is -0.487 e. The summed E-state index contributed by atoms with van der Waals surface area (Å²) in [5.74, 6) is 0.841. The third-order valence-corrected chi connectivity index (χ3v) is 5.74. The molecule has 0 unspecified atom stereocenters. The van der Waals surface area contributed by atoms with Crippen LogP contribution in [0.15, 0.2) is 59.3 Å². The number of ether oxygens (including phenoxy) is 2. The molecule has 0 spiro atoms. The predicted molar refractivity (Wildman–Crippen MR) is 132 cm³/mol. The topological polar surface area (TPSA) is 75.2 Å². The second kappa shape index (κ2) is 11.8. The van der Waals surface area contributed by atoms with Crippen LogP contribution in [-0.4, -0.2) is 26.3 Å². The molecule has 37 heavy (non-hydrogen) atoms. The van der Waals surface area contributed by atoms with Gasteiger partial charge in [-0.15, -0.1) is 18.3 Å². The van der Waals surface area contributed by atoms with Crippen LogP contribution in [0.2, 0.25) is 0 Å². The number of rotatable bonds is 11. The van der Waals surface area contributed by atoms with Gasteiger partial charge >= 0.3 is 6.36 Å². The van der Waals surface area contributed by atoms with E-state index in [1.54, 1.807) is 12.2 Å². The smallest absolute Gasteiger partial charge is 0.487 e. The summed E-state index contributed by atoms with van der Waals surface area (Å²) in [5, 5.41) is 7.87. The van der Waals surface area contributed by atoms with Crippen LogP contribution in [-0.2, 0) is 26.5 Å². The number of aromatic nitrogens is 4. The van der Waals surface area contributed by atoms with Gasteiger partial charge in [-0.3, -0.25) is 4.68 Å². The molecule has 4 aromatic rings. The first kappa shape index (κ1) is 26.0. The van der Waals surface area contributed by atoms with Gasteiger partial charge in [-0.05, 0) is 79.6 Å². The first-order valence-corrected chi connectivity index (χ1v) is 11.8. The lowest BCUT2D eigenvalue weighted by molar-refractivity contribution is -0.274. The molecule has 2 heterocycles. The number of oxazole rings is 1. The number of aryl methyl sites for hydroxylation is 4. The lowest BCUT2D eigenvalue weighted by Gasteiger charge is -2.09. The highest BCUT2D eigenvalue weighted by Gasteiger charge is 2.30. The van der Waals surface area contributed by atoms with E-state index in [0.29, 0.717) is 17.1 Å². The average molecular weight is 513 g/mol.